The van der Waals surface area contributed by atoms with E-state index < -0.39 is 0 Å². The first kappa shape index (κ1) is 13.4. The van der Waals surface area contributed by atoms with Crippen molar-refractivity contribution in [2.45, 2.75) is 20.8 Å². The Hall–Kier alpha value is -2.56. The highest BCUT2D eigenvalue weighted by Gasteiger charge is 2.11. The van der Waals surface area contributed by atoms with E-state index in [1.54, 1.807) is 6.33 Å². The van der Waals surface area contributed by atoms with E-state index in [-0.39, 0.29) is 0 Å². The highest BCUT2D eigenvalue weighted by atomic mass is 16.5. The monoisotopic (exact) mass is 282 g/mol. The van der Waals surface area contributed by atoms with E-state index >= 15 is 0 Å². The minimum Gasteiger partial charge on any atom is -0.493 e. The van der Waals surface area contributed by atoms with Crippen LogP contribution in [-0.4, -0.2) is 21.1 Å². The number of benzene rings is 1. The molecule has 0 aliphatic carbocycles. The highest BCUT2D eigenvalue weighted by Crippen LogP contribution is 2.31. The van der Waals surface area contributed by atoms with Gasteiger partial charge in [0.25, 0.3) is 0 Å². The molecule has 0 spiro atoms. The molecular weight excluding hydrogens is 264 g/mol. The average molecular weight is 282 g/mol. The number of ether oxygens (including phenoxy) is 1. The summed E-state index contributed by atoms with van der Waals surface area (Å²) in [4.78, 5) is 8.98. The first-order valence-electron chi connectivity index (χ1n) is 6.93. The van der Waals surface area contributed by atoms with Crippen LogP contribution in [0.2, 0.25) is 0 Å². The maximum absolute atomic E-state index is 5.94. The van der Waals surface area contributed by atoms with Crippen LogP contribution in [0.5, 0.6) is 5.75 Å². The van der Waals surface area contributed by atoms with Crippen LogP contribution in [-0.2, 0) is 0 Å². The van der Waals surface area contributed by atoms with Crippen molar-refractivity contribution in [1.29, 1.82) is 0 Å². The van der Waals surface area contributed by atoms with Crippen molar-refractivity contribution in [3.63, 3.8) is 0 Å². The quantitative estimate of drug-likeness (QED) is 0.750. The molecule has 5 heteroatoms. The van der Waals surface area contributed by atoms with E-state index in [0.29, 0.717) is 12.3 Å². The Morgan fingerprint density at radius 2 is 2.05 bits per heavy atom. The van der Waals surface area contributed by atoms with E-state index in [9.17, 15) is 0 Å². The zero-order valence-electron chi connectivity index (χ0n) is 12.4. The molecule has 2 heterocycles. The maximum Gasteiger partial charge on any atom is 0.142 e. The van der Waals surface area contributed by atoms with Crippen molar-refractivity contribution in [3.05, 3.63) is 42.0 Å². The second-order valence-electron chi connectivity index (χ2n) is 5.07. The number of pyridine rings is 1. The van der Waals surface area contributed by atoms with Crippen molar-refractivity contribution < 1.29 is 4.74 Å². The summed E-state index contributed by atoms with van der Waals surface area (Å²) >= 11 is 0. The van der Waals surface area contributed by atoms with Gasteiger partial charge < -0.3 is 10.5 Å². The van der Waals surface area contributed by atoms with Gasteiger partial charge >= 0.3 is 0 Å². The molecule has 0 aliphatic rings. The lowest BCUT2D eigenvalue weighted by Crippen LogP contribution is -2.01. The Balaban J connectivity index is 2.28. The number of nitrogen functional groups attached to an aromatic ring is 1. The molecule has 0 atom stereocenters. The smallest absolute Gasteiger partial charge is 0.142 e. The number of aryl methyl sites for hydroxylation is 2. The summed E-state index contributed by atoms with van der Waals surface area (Å²) in [5.41, 5.74) is 9.54. The molecule has 0 aliphatic heterocycles. The van der Waals surface area contributed by atoms with Crippen LogP contribution in [0.25, 0.3) is 16.7 Å². The van der Waals surface area contributed by atoms with Crippen molar-refractivity contribution in [2.24, 2.45) is 0 Å². The predicted molar refractivity (Wildman–Crippen MR) is 83.9 cm³/mol. The van der Waals surface area contributed by atoms with Crippen LogP contribution in [0.1, 0.15) is 18.2 Å². The lowest BCUT2D eigenvalue weighted by atomic mass is 10.1. The topological polar surface area (TPSA) is 66.0 Å². The molecule has 21 heavy (non-hydrogen) atoms. The third kappa shape index (κ3) is 2.42. The molecule has 108 valence electrons. The number of hydrogen-bond donors (Lipinski definition) is 1. The van der Waals surface area contributed by atoms with Crippen molar-refractivity contribution in [3.8, 4) is 11.6 Å². The molecule has 2 N–H and O–H groups in total. The number of imidazole rings is 1. The first-order valence-corrected chi connectivity index (χ1v) is 6.93. The Bertz CT molecular complexity index is 807. The third-order valence-electron chi connectivity index (χ3n) is 3.35. The SMILES string of the molecule is CCOc1cc(-n2cnc(C)c2)nc2c(C)cc(N)cc12. The molecule has 2 aromatic heterocycles. The van der Waals surface area contributed by atoms with E-state index in [1.165, 1.54) is 0 Å². The number of anilines is 1. The summed E-state index contributed by atoms with van der Waals surface area (Å²) in [6.45, 7) is 6.51. The molecule has 3 rings (SSSR count). The van der Waals surface area contributed by atoms with Crippen LogP contribution in [0.3, 0.4) is 0 Å². The second-order valence-corrected chi connectivity index (χ2v) is 5.07. The molecule has 5 nitrogen and oxygen atoms in total. The fourth-order valence-corrected chi connectivity index (χ4v) is 2.44. The Kier molecular flexibility index (Phi) is 3.25. The minimum absolute atomic E-state index is 0.593. The van der Waals surface area contributed by atoms with Gasteiger partial charge in [-0.05, 0) is 38.5 Å². The first-order chi connectivity index (χ1) is 10.1. The van der Waals surface area contributed by atoms with Gasteiger partial charge in [-0.1, -0.05) is 0 Å². The van der Waals surface area contributed by atoms with Gasteiger partial charge in [-0.15, -0.1) is 0 Å². The van der Waals surface area contributed by atoms with E-state index in [0.717, 1.165) is 33.7 Å². The molecule has 3 aromatic rings. The van der Waals surface area contributed by atoms with Crippen molar-refractivity contribution >= 4 is 16.6 Å². The number of rotatable bonds is 3. The molecule has 0 amide bonds. The summed E-state index contributed by atoms with van der Waals surface area (Å²) in [6.07, 6.45) is 3.70. The summed E-state index contributed by atoms with van der Waals surface area (Å²) in [6, 6.07) is 5.75. The van der Waals surface area contributed by atoms with Gasteiger partial charge in [0.05, 0.1) is 17.8 Å². The number of aromatic nitrogens is 3. The molecule has 0 fully saturated rings. The molecule has 1 aromatic carbocycles. The number of nitrogens with zero attached hydrogens (tertiary/aromatic N) is 3. The van der Waals surface area contributed by atoms with E-state index in [1.807, 2.05) is 49.7 Å². The van der Waals surface area contributed by atoms with E-state index in [4.69, 9.17) is 15.5 Å². The number of hydrogen-bond acceptors (Lipinski definition) is 4. The van der Waals surface area contributed by atoms with Crippen LogP contribution in [0.15, 0.2) is 30.7 Å². The van der Waals surface area contributed by atoms with E-state index in [2.05, 4.69) is 4.98 Å². The van der Waals surface area contributed by atoms with Gasteiger partial charge in [-0.25, -0.2) is 9.97 Å². The summed E-state index contributed by atoms with van der Waals surface area (Å²) in [5, 5.41) is 0.940. The van der Waals surface area contributed by atoms with Gasteiger partial charge in [-0.3, -0.25) is 4.57 Å². The van der Waals surface area contributed by atoms with Gasteiger partial charge in [0.15, 0.2) is 0 Å². The zero-order chi connectivity index (χ0) is 15.0. The second kappa shape index (κ2) is 5.09. The molecule has 0 saturated carbocycles. The van der Waals surface area contributed by atoms with Gasteiger partial charge in [0.2, 0.25) is 0 Å². The normalized spacial score (nSPS) is 11.0. The third-order valence-corrected chi connectivity index (χ3v) is 3.35. The average Bonchev–Trinajstić information content (AvgIpc) is 2.86. The number of fused-ring (bicyclic) bond motifs is 1. The molecule has 0 bridgehead atoms. The van der Waals surface area contributed by atoms with Gasteiger partial charge in [0, 0.05) is 23.3 Å². The standard InChI is InChI=1S/C16H18N4O/c1-4-21-14-7-15(20-8-11(3)18-9-20)19-16-10(2)5-12(17)6-13(14)16/h5-9H,4,17H2,1-3H3. The lowest BCUT2D eigenvalue weighted by Gasteiger charge is -2.12. The molecule has 0 unspecified atom stereocenters. The van der Waals surface area contributed by atoms with Crippen LogP contribution < -0.4 is 10.5 Å². The van der Waals surface area contributed by atoms with Crippen molar-refractivity contribution in [2.75, 3.05) is 12.3 Å². The molecular formula is C16H18N4O. The van der Waals surface area contributed by atoms with Crippen LogP contribution >= 0.6 is 0 Å². The molecule has 0 saturated heterocycles. The number of nitrogens with two attached hydrogens (primary N) is 1. The van der Waals surface area contributed by atoms with Gasteiger partial charge in [-0.2, -0.15) is 0 Å². The Morgan fingerprint density at radius 3 is 2.71 bits per heavy atom. The lowest BCUT2D eigenvalue weighted by molar-refractivity contribution is 0.344. The Labute approximate surface area is 123 Å². The summed E-state index contributed by atoms with van der Waals surface area (Å²) < 4.78 is 7.66. The highest BCUT2D eigenvalue weighted by molar-refractivity contribution is 5.91. The summed E-state index contributed by atoms with van der Waals surface area (Å²) in [7, 11) is 0. The van der Waals surface area contributed by atoms with Crippen molar-refractivity contribution in [1.82, 2.24) is 14.5 Å². The minimum atomic E-state index is 0.593. The zero-order valence-corrected chi connectivity index (χ0v) is 12.4. The predicted octanol–water partition coefficient (Wildman–Crippen LogP) is 3.02. The molecule has 0 radical (unpaired) electrons. The summed E-state index contributed by atoms with van der Waals surface area (Å²) in [5.74, 6) is 1.58. The van der Waals surface area contributed by atoms with Crippen LogP contribution in [0, 0.1) is 13.8 Å². The fraction of sp³-hybridized carbons (Fsp3) is 0.250. The Morgan fingerprint density at radius 1 is 1.24 bits per heavy atom. The largest absolute Gasteiger partial charge is 0.493 e. The maximum atomic E-state index is 5.94. The van der Waals surface area contributed by atoms with Crippen LogP contribution in [0.4, 0.5) is 5.69 Å². The fourth-order valence-electron chi connectivity index (χ4n) is 2.44. The van der Waals surface area contributed by atoms with Gasteiger partial charge in [0.1, 0.15) is 17.9 Å².